The first kappa shape index (κ1) is 28.4. The molecule has 1 aromatic carbocycles. The van der Waals surface area contributed by atoms with E-state index in [1.807, 2.05) is 19.1 Å². The topological polar surface area (TPSA) is 152 Å². The number of phosphoric acid groups is 1. The summed E-state index contributed by atoms with van der Waals surface area (Å²) in [5, 5.41) is 6.67. The number of pyridine rings is 1. The minimum Gasteiger partial charge on any atom is -0.339 e. The van der Waals surface area contributed by atoms with Crippen LogP contribution in [-0.4, -0.2) is 48.0 Å². The number of aromatic nitrogens is 4. The van der Waals surface area contributed by atoms with Crippen LogP contribution in [0, 0.1) is 19.3 Å². The Hall–Kier alpha value is -3.58. The number of benzene rings is 1. The zero-order valence-corrected chi connectivity index (χ0v) is 22.0. The molecule has 1 amide bonds. The van der Waals surface area contributed by atoms with E-state index < -0.39 is 38.3 Å². The molecule has 3 heterocycles. The fourth-order valence-electron chi connectivity index (χ4n) is 3.71. The number of carbonyl (C=O) groups is 1. The van der Waals surface area contributed by atoms with Gasteiger partial charge in [0.1, 0.15) is 11.3 Å². The van der Waals surface area contributed by atoms with E-state index in [2.05, 4.69) is 25.0 Å². The zero-order chi connectivity index (χ0) is 28.6. The molecule has 11 nitrogen and oxygen atoms in total. The number of hydrogen-bond donors (Lipinski definition) is 3. The fourth-order valence-corrected chi connectivity index (χ4v) is 4.16. The molecule has 1 atom stereocenters. The summed E-state index contributed by atoms with van der Waals surface area (Å²) >= 11 is 0. The van der Waals surface area contributed by atoms with Gasteiger partial charge in [-0.1, -0.05) is 17.3 Å². The van der Waals surface area contributed by atoms with Crippen molar-refractivity contribution >= 4 is 25.1 Å². The Morgan fingerprint density at radius 2 is 1.95 bits per heavy atom. The SMILES string of the molecule is Cc1ccn2c(C(=O)Nc3cc(-c4noc(CCC(C)(COP(=O)(O)O)C(F)(F)F)n4)ccc3C)cnc2c1. The Morgan fingerprint density at radius 3 is 2.64 bits per heavy atom. The molecule has 0 saturated heterocycles. The Bertz CT molecular complexity index is 1560. The highest BCUT2D eigenvalue weighted by Crippen LogP contribution is 2.46. The van der Waals surface area contributed by atoms with E-state index in [9.17, 15) is 22.5 Å². The third-order valence-electron chi connectivity index (χ3n) is 6.24. The van der Waals surface area contributed by atoms with E-state index in [-0.39, 0.29) is 18.1 Å². The molecule has 0 radical (unpaired) electrons. The van der Waals surface area contributed by atoms with Gasteiger partial charge in [0.05, 0.1) is 18.2 Å². The second-order valence-corrected chi connectivity index (χ2v) is 10.6. The highest BCUT2D eigenvalue weighted by atomic mass is 31.2. The summed E-state index contributed by atoms with van der Waals surface area (Å²) in [6, 6.07) is 8.71. The average molecular weight is 567 g/mol. The molecule has 0 spiro atoms. The molecule has 4 aromatic rings. The van der Waals surface area contributed by atoms with Crippen molar-refractivity contribution in [1.82, 2.24) is 19.5 Å². The first-order valence-electron chi connectivity index (χ1n) is 11.6. The smallest absolute Gasteiger partial charge is 0.339 e. The van der Waals surface area contributed by atoms with Gasteiger partial charge in [0.15, 0.2) is 0 Å². The lowest BCUT2D eigenvalue weighted by atomic mass is 9.85. The molecular formula is C24H25F3N5O6P. The maximum atomic E-state index is 13.6. The van der Waals surface area contributed by atoms with Crippen LogP contribution in [0.3, 0.4) is 0 Å². The number of amides is 1. The molecule has 0 fully saturated rings. The van der Waals surface area contributed by atoms with Gasteiger partial charge < -0.3 is 19.6 Å². The van der Waals surface area contributed by atoms with Crippen LogP contribution in [0.1, 0.15) is 40.9 Å². The molecule has 1 unspecified atom stereocenters. The Labute approximate surface area is 220 Å². The predicted octanol–water partition coefficient (Wildman–Crippen LogP) is 4.86. The molecule has 39 heavy (non-hydrogen) atoms. The normalized spacial score (nSPS) is 13.9. The molecule has 15 heteroatoms. The summed E-state index contributed by atoms with van der Waals surface area (Å²) in [5.74, 6) is -0.417. The summed E-state index contributed by atoms with van der Waals surface area (Å²) in [7, 11) is -5.10. The van der Waals surface area contributed by atoms with Crippen molar-refractivity contribution in [1.29, 1.82) is 0 Å². The number of phosphoric ester groups is 1. The van der Waals surface area contributed by atoms with Crippen molar-refractivity contribution in [3.05, 3.63) is 65.4 Å². The molecule has 0 aliphatic heterocycles. The number of fused-ring (bicyclic) bond motifs is 1. The average Bonchev–Trinajstić information content (AvgIpc) is 3.48. The number of nitrogens with one attached hydrogen (secondary N) is 1. The molecule has 0 bridgehead atoms. The number of nitrogens with zero attached hydrogens (tertiary/aromatic N) is 4. The van der Waals surface area contributed by atoms with Crippen molar-refractivity contribution < 1.29 is 41.4 Å². The highest BCUT2D eigenvalue weighted by molar-refractivity contribution is 7.46. The lowest BCUT2D eigenvalue weighted by molar-refractivity contribution is -0.229. The monoisotopic (exact) mass is 567 g/mol. The fraction of sp³-hybridized carbons (Fsp3) is 0.333. The lowest BCUT2D eigenvalue weighted by Crippen LogP contribution is -2.39. The molecule has 3 N–H and O–H groups in total. The number of carbonyl (C=O) groups excluding carboxylic acids is 1. The van der Waals surface area contributed by atoms with Crippen LogP contribution in [0.25, 0.3) is 17.0 Å². The Kier molecular flexibility index (Phi) is 7.68. The van der Waals surface area contributed by atoms with Gasteiger partial charge in [-0.3, -0.25) is 13.7 Å². The summed E-state index contributed by atoms with van der Waals surface area (Å²) in [4.78, 5) is 39.0. The highest BCUT2D eigenvalue weighted by Gasteiger charge is 2.52. The van der Waals surface area contributed by atoms with Crippen LogP contribution < -0.4 is 5.32 Å². The molecule has 0 aliphatic carbocycles. The van der Waals surface area contributed by atoms with Gasteiger partial charge in [0.2, 0.25) is 11.7 Å². The summed E-state index contributed by atoms with van der Waals surface area (Å²) in [6.45, 7) is 3.26. The van der Waals surface area contributed by atoms with Gasteiger partial charge in [-0.2, -0.15) is 18.2 Å². The predicted molar refractivity (Wildman–Crippen MR) is 133 cm³/mol. The Balaban J connectivity index is 1.49. The van der Waals surface area contributed by atoms with Crippen molar-refractivity contribution in [2.24, 2.45) is 5.41 Å². The lowest BCUT2D eigenvalue weighted by Gasteiger charge is -2.31. The van der Waals surface area contributed by atoms with E-state index in [1.54, 1.807) is 35.7 Å². The van der Waals surface area contributed by atoms with Crippen LogP contribution in [-0.2, 0) is 15.5 Å². The van der Waals surface area contributed by atoms with Gasteiger partial charge in [0, 0.05) is 23.9 Å². The first-order chi connectivity index (χ1) is 18.1. The minimum atomic E-state index is -5.10. The quantitative estimate of drug-likeness (QED) is 0.241. The van der Waals surface area contributed by atoms with E-state index in [0.29, 0.717) is 22.6 Å². The molecule has 4 rings (SSSR count). The number of imidazole rings is 1. The van der Waals surface area contributed by atoms with Crippen LogP contribution in [0.2, 0.25) is 0 Å². The maximum absolute atomic E-state index is 13.6. The van der Waals surface area contributed by atoms with E-state index >= 15 is 0 Å². The second-order valence-electron chi connectivity index (χ2n) is 9.39. The summed E-state index contributed by atoms with van der Waals surface area (Å²) in [5.41, 5.74) is 1.04. The summed E-state index contributed by atoms with van der Waals surface area (Å²) in [6.07, 6.45) is -2.54. The van der Waals surface area contributed by atoms with Crippen LogP contribution in [0.4, 0.5) is 18.9 Å². The van der Waals surface area contributed by atoms with E-state index in [0.717, 1.165) is 18.1 Å². The van der Waals surface area contributed by atoms with Gasteiger partial charge in [0.25, 0.3) is 5.91 Å². The number of alkyl halides is 3. The zero-order valence-electron chi connectivity index (χ0n) is 21.1. The van der Waals surface area contributed by atoms with Gasteiger partial charge in [-0.15, -0.1) is 0 Å². The van der Waals surface area contributed by atoms with E-state index in [1.165, 1.54) is 6.20 Å². The third-order valence-corrected chi connectivity index (χ3v) is 6.71. The van der Waals surface area contributed by atoms with Crippen molar-refractivity contribution in [3.8, 4) is 11.4 Å². The molecule has 0 aliphatic rings. The number of anilines is 1. The number of halogens is 3. The third kappa shape index (κ3) is 6.53. The first-order valence-corrected chi connectivity index (χ1v) is 13.1. The van der Waals surface area contributed by atoms with Crippen molar-refractivity contribution in [2.75, 3.05) is 11.9 Å². The van der Waals surface area contributed by atoms with Gasteiger partial charge >= 0.3 is 14.0 Å². The molecule has 3 aromatic heterocycles. The van der Waals surface area contributed by atoms with Crippen LogP contribution >= 0.6 is 7.82 Å². The van der Waals surface area contributed by atoms with Gasteiger partial charge in [-0.05, 0) is 56.5 Å². The standard InChI is InChI=1S/C24H25F3N5O6P/c1-14-7-9-32-18(12-28-19(32)10-14)22(33)29-17-11-16(5-4-15(17)2)21-30-20(38-31-21)6-8-23(3,24(25,26)27)13-37-39(34,35)36/h4-5,7,9-12H,6,8,13H2,1-3H3,(H,29,33)(H2,34,35,36). The molecule has 0 saturated carbocycles. The number of hydrogen-bond acceptors (Lipinski definition) is 7. The minimum absolute atomic E-state index is 0.0888. The van der Waals surface area contributed by atoms with Crippen molar-refractivity contribution in [3.63, 3.8) is 0 Å². The largest absolute Gasteiger partial charge is 0.469 e. The molecular weight excluding hydrogens is 542 g/mol. The van der Waals surface area contributed by atoms with Gasteiger partial charge in [-0.25, -0.2) is 9.55 Å². The Morgan fingerprint density at radius 1 is 1.21 bits per heavy atom. The van der Waals surface area contributed by atoms with Crippen LogP contribution in [0.15, 0.2) is 47.2 Å². The summed E-state index contributed by atoms with van der Waals surface area (Å²) < 4.78 is 62.7. The molecule has 208 valence electrons. The van der Waals surface area contributed by atoms with Crippen LogP contribution in [0.5, 0.6) is 0 Å². The maximum Gasteiger partial charge on any atom is 0.469 e. The van der Waals surface area contributed by atoms with Crippen molar-refractivity contribution in [2.45, 2.75) is 39.8 Å². The number of rotatable bonds is 9. The van der Waals surface area contributed by atoms with E-state index in [4.69, 9.17) is 14.3 Å². The number of aryl methyl sites for hydroxylation is 3. The second kappa shape index (κ2) is 10.5.